The number of halogens is 3. The molecule has 1 atom stereocenters. The molecule has 0 radical (unpaired) electrons. The van der Waals surface area contributed by atoms with E-state index < -0.39 is 29.6 Å². The zero-order valence-electron chi connectivity index (χ0n) is 12.3. The maximum atomic E-state index is 12.5. The Kier molecular flexibility index (Phi) is 5.35. The molecule has 0 aromatic heterocycles. The number of carbonyl (C=O) groups excluding carboxylic acids is 2. The van der Waals surface area contributed by atoms with Crippen LogP contribution in [0.25, 0.3) is 0 Å². The molecular weight excluding hydrogens is 325 g/mol. The first-order chi connectivity index (χ1) is 11.3. The van der Waals surface area contributed by atoms with E-state index in [4.69, 9.17) is 4.74 Å². The average molecular weight is 338 g/mol. The van der Waals surface area contributed by atoms with Crippen LogP contribution < -0.4 is 0 Å². The summed E-state index contributed by atoms with van der Waals surface area (Å²) in [6.45, 7) is -0.128. The molecule has 0 amide bonds. The van der Waals surface area contributed by atoms with Crippen LogP contribution in [-0.4, -0.2) is 23.0 Å². The summed E-state index contributed by atoms with van der Waals surface area (Å²) in [7, 11) is 0. The Labute approximate surface area is 135 Å². The molecule has 2 rings (SSSR count). The lowest BCUT2D eigenvalue weighted by Crippen LogP contribution is -2.31. The molecule has 0 fully saturated rings. The Hall–Kier alpha value is -2.67. The minimum absolute atomic E-state index is 0.128. The van der Waals surface area contributed by atoms with Gasteiger partial charge in [-0.25, -0.2) is 4.79 Å². The summed E-state index contributed by atoms with van der Waals surface area (Å²) < 4.78 is 42.2. The van der Waals surface area contributed by atoms with E-state index in [9.17, 15) is 27.9 Å². The number of alkyl halides is 3. The van der Waals surface area contributed by atoms with E-state index in [1.807, 2.05) is 0 Å². The van der Waals surface area contributed by atoms with Crippen molar-refractivity contribution in [2.45, 2.75) is 18.9 Å². The Morgan fingerprint density at radius 2 is 1.58 bits per heavy atom. The topological polar surface area (TPSA) is 63.6 Å². The van der Waals surface area contributed by atoms with Gasteiger partial charge in [0.1, 0.15) is 6.61 Å². The number of aliphatic hydroxyl groups excluding tert-OH is 1. The van der Waals surface area contributed by atoms with Gasteiger partial charge in [-0.1, -0.05) is 42.5 Å². The number of hydrogen-bond acceptors (Lipinski definition) is 4. The second kappa shape index (κ2) is 7.27. The van der Waals surface area contributed by atoms with Crippen molar-refractivity contribution >= 4 is 11.8 Å². The molecule has 0 bridgehead atoms. The lowest BCUT2D eigenvalue weighted by atomic mass is 10.0. The van der Waals surface area contributed by atoms with Gasteiger partial charge >= 0.3 is 12.1 Å². The van der Waals surface area contributed by atoms with Gasteiger partial charge in [-0.05, 0) is 17.7 Å². The largest absolute Gasteiger partial charge is 0.459 e. The van der Waals surface area contributed by atoms with E-state index in [1.54, 1.807) is 30.3 Å². The van der Waals surface area contributed by atoms with Crippen molar-refractivity contribution in [3.05, 3.63) is 71.3 Å². The summed E-state index contributed by atoms with van der Waals surface area (Å²) in [5.74, 6) is -2.19. The third-order valence-corrected chi connectivity index (χ3v) is 3.19. The average Bonchev–Trinajstić information content (AvgIpc) is 2.58. The maximum Gasteiger partial charge on any atom is 0.416 e. The van der Waals surface area contributed by atoms with Gasteiger partial charge in [0.05, 0.1) is 5.56 Å². The van der Waals surface area contributed by atoms with Gasteiger partial charge in [-0.2, -0.15) is 13.2 Å². The molecule has 1 N–H and O–H groups in total. The highest BCUT2D eigenvalue weighted by molar-refractivity contribution is 6.10. The van der Waals surface area contributed by atoms with Crippen LogP contribution >= 0.6 is 0 Å². The number of hydrogen-bond donors (Lipinski definition) is 1. The standard InChI is InChI=1S/C17H13F3O4/c18-17(19,20)13-8-6-12(7-9-13)14(21)15(22)16(23)24-10-11-4-2-1-3-5-11/h1-9,15,22H,10H2. The van der Waals surface area contributed by atoms with Crippen LogP contribution in [0.1, 0.15) is 21.5 Å². The van der Waals surface area contributed by atoms with E-state index >= 15 is 0 Å². The third kappa shape index (κ3) is 4.42. The van der Waals surface area contributed by atoms with Crippen LogP contribution in [0.2, 0.25) is 0 Å². The molecule has 0 spiro atoms. The van der Waals surface area contributed by atoms with Crippen LogP contribution in [-0.2, 0) is 22.3 Å². The van der Waals surface area contributed by atoms with Crippen LogP contribution in [0.5, 0.6) is 0 Å². The number of carbonyl (C=O) groups is 2. The summed E-state index contributed by atoms with van der Waals surface area (Å²) in [5.41, 5.74) is -0.479. The molecule has 0 aliphatic heterocycles. The van der Waals surface area contributed by atoms with Crippen LogP contribution in [0, 0.1) is 0 Å². The highest BCUT2D eigenvalue weighted by Gasteiger charge is 2.31. The smallest absolute Gasteiger partial charge is 0.416 e. The van der Waals surface area contributed by atoms with Gasteiger partial charge in [0.25, 0.3) is 0 Å². The summed E-state index contributed by atoms with van der Waals surface area (Å²) in [6.07, 6.45) is -6.63. The fourth-order valence-electron chi connectivity index (χ4n) is 1.90. The first kappa shape index (κ1) is 17.7. The van der Waals surface area contributed by atoms with E-state index in [2.05, 4.69) is 0 Å². The number of benzene rings is 2. The van der Waals surface area contributed by atoms with Crippen molar-refractivity contribution in [1.29, 1.82) is 0 Å². The van der Waals surface area contributed by atoms with Gasteiger partial charge in [0, 0.05) is 5.56 Å². The van der Waals surface area contributed by atoms with E-state index in [-0.39, 0.29) is 12.2 Å². The van der Waals surface area contributed by atoms with Crippen molar-refractivity contribution in [3.8, 4) is 0 Å². The Bertz CT molecular complexity index is 709. The molecule has 4 nitrogen and oxygen atoms in total. The van der Waals surface area contributed by atoms with Gasteiger partial charge < -0.3 is 9.84 Å². The van der Waals surface area contributed by atoms with E-state index in [0.29, 0.717) is 17.7 Å². The van der Waals surface area contributed by atoms with Crippen molar-refractivity contribution in [1.82, 2.24) is 0 Å². The quantitative estimate of drug-likeness (QED) is 0.517. The highest BCUT2D eigenvalue weighted by atomic mass is 19.4. The summed E-state index contributed by atoms with van der Waals surface area (Å²) in [4.78, 5) is 23.6. The fourth-order valence-corrected chi connectivity index (χ4v) is 1.90. The molecule has 0 saturated heterocycles. The van der Waals surface area contributed by atoms with Gasteiger partial charge in [0.2, 0.25) is 11.9 Å². The predicted molar refractivity (Wildman–Crippen MR) is 78.0 cm³/mol. The van der Waals surface area contributed by atoms with E-state index in [0.717, 1.165) is 12.1 Å². The minimum atomic E-state index is -4.53. The molecule has 1 unspecified atom stereocenters. The first-order valence-electron chi connectivity index (χ1n) is 6.89. The molecular formula is C17H13F3O4. The highest BCUT2D eigenvalue weighted by Crippen LogP contribution is 2.29. The molecule has 0 heterocycles. The van der Waals surface area contributed by atoms with Crippen LogP contribution in [0.3, 0.4) is 0 Å². The summed E-state index contributed by atoms with van der Waals surface area (Å²) in [5, 5.41) is 9.70. The zero-order chi connectivity index (χ0) is 17.7. The number of esters is 1. The van der Waals surface area contributed by atoms with Crippen molar-refractivity contribution in [2.24, 2.45) is 0 Å². The number of aliphatic hydroxyl groups is 1. The molecule has 0 saturated carbocycles. The van der Waals surface area contributed by atoms with Crippen LogP contribution in [0.15, 0.2) is 54.6 Å². The van der Waals surface area contributed by atoms with Crippen molar-refractivity contribution in [2.75, 3.05) is 0 Å². The predicted octanol–water partition coefficient (Wildman–Crippen LogP) is 2.99. The Balaban J connectivity index is 1.99. The Morgan fingerprint density at radius 3 is 2.12 bits per heavy atom. The lowest BCUT2D eigenvalue weighted by molar-refractivity contribution is -0.152. The Morgan fingerprint density at radius 1 is 1.00 bits per heavy atom. The molecule has 24 heavy (non-hydrogen) atoms. The number of ether oxygens (including phenoxy) is 1. The van der Waals surface area contributed by atoms with E-state index in [1.165, 1.54) is 0 Å². The molecule has 0 aliphatic carbocycles. The zero-order valence-corrected chi connectivity index (χ0v) is 12.3. The monoisotopic (exact) mass is 338 g/mol. The second-order valence-electron chi connectivity index (χ2n) is 4.94. The number of Topliss-reactive ketones (excluding diaryl/α,β-unsaturated/α-hetero) is 1. The second-order valence-corrected chi connectivity index (χ2v) is 4.94. The van der Waals surface area contributed by atoms with Crippen LogP contribution in [0.4, 0.5) is 13.2 Å². The van der Waals surface area contributed by atoms with Gasteiger partial charge in [0.15, 0.2) is 0 Å². The number of rotatable bonds is 5. The van der Waals surface area contributed by atoms with Crippen molar-refractivity contribution < 1.29 is 32.6 Å². The molecule has 7 heteroatoms. The maximum absolute atomic E-state index is 12.5. The molecule has 0 aliphatic rings. The third-order valence-electron chi connectivity index (χ3n) is 3.19. The summed E-state index contributed by atoms with van der Waals surface area (Å²) >= 11 is 0. The summed E-state index contributed by atoms with van der Waals surface area (Å²) in [6, 6.07) is 11.8. The minimum Gasteiger partial charge on any atom is -0.459 e. The normalized spacial score (nSPS) is 12.5. The molecule has 126 valence electrons. The lowest BCUT2D eigenvalue weighted by Gasteiger charge is -2.11. The van der Waals surface area contributed by atoms with Gasteiger partial charge in [-0.3, -0.25) is 4.79 Å². The molecule has 2 aromatic carbocycles. The number of ketones is 1. The molecule has 2 aromatic rings. The van der Waals surface area contributed by atoms with Crippen molar-refractivity contribution in [3.63, 3.8) is 0 Å². The first-order valence-corrected chi connectivity index (χ1v) is 6.89. The fraction of sp³-hybridized carbons (Fsp3) is 0.176. The van der Waals surface area contributed by atoms with Gasteiger partial charge in [-0.15, -0.1) is 0 Å². The SMILES string of the molecule is O=C(OCc1ccccc1)C(O)C(=O)c1ccc(C(F)(F)F)cc1.